The molecule has 0 amide bonds. The van der Waals surface area contributed by atoms with Gasteiger partial charge in [0.2, 0.25) is 0 Å². The van der Waals surface area contributed by atoms with Crippen LogP contribution in [0.4, 0.5) is 0 Å². The molecular weight excluding hydrogens is 252 g/mol. The maximum absolute atomic E-state index is 2.36. The second kappa shape index (κ2) is 8.46. The quantitative estimate of drug-likeness (QED) is 0.400. The van der Waals surface area contributed by atoms with Crippen molar-refractivity contribution >= 4 is 11.6 Å². The molecule has 0 saturated heterocycles. The van der Waals surface area contributed by atoms with Crippen LogP contribution in [0.2, 0.25) is 0 Å². The minimum absolute atomic E-state index is 1.17. The van der Waals surface area contributed by atoms with Crippen molar-refractivity contribution in [2.24, 2.45) is 0 Å². The molecule has 0 aliphatic carbocycles. The fraction of sp³-hybridized carbons (Fsp3) is 0.333. The van der Waals surface area contributed by atoms with Gasteiger partial charge in [-0.25, -0.2) is 0 Å². The molecule has 0 aromatic heterocycles. The van der Waals surface area contributed by atoms with Crippen molar-refractivity contribution in [1.82, 2.24) is 0 Å². The van der Waals surface area contributed by atoms with Crippen molar-refractivity contribution in [2.45, 2.75) is 46.0 Å². The van der Waals surface area contributed by atoms with Crippen molar-refractivity contribution in [2.75, 3.05) is 0 Å². The second-order valence-corrected chi connectivity index (χ2v) is 5.71. The molecule has 110 valence electrons. The Kier molecular flexibility index (Phi) is 6.27. The molecule has 0 heteroatoms. The van der Waals surface area contributed by atoms with Gasteiger partial charge in [0.25, 0.3) is 0 Å². The summed E-state index contributed by atoms with van der Waals surface area (Å²) in [6.07, 6.45) is 8.76. The predicted octanol–water partition coefficient (Wildman–Crippen LogP) is 6.51. The zero-order valence-electron chi connectivity index (χ0n) is 13.3. The smallest absolute Gasteiger partial charge is 0.0195 e. The molecule has 2 aromatic carbocycles. The Morgan fingerprint density at radius 3 is 2.29 bits per heavy atom. The molecule has 2 aromatic rings. The van der Waals surface area contributed by atoms with Crippen LogP contribution in [0.5, 0.6) is 0 Å². The highest BCUT2D eigenvalue weighted by atomic mass is 14.1. The van der Waals surface area contributed by atoms with Crippen LogP contribution in [0.15, 0.2) is 54.6 Å². The molecular formula is C21H26. The third-order valence-corrected chi connectivity index (χ3v) is 3.93. The molecule has 0 aliphatic rings. The van der Waals surface area contributed by atoms with Crippen LogP contribution in [-0.2, 0) is 0 Å². The van der Waals surface area contributed by atoms with Crippen LogP contribution < -0.4 is 0 Å². The Balaban J connectivity index is 2.22. The number of allylic oxidation sites excluding steroid dienone is 1. The van der Waals surface area contributed by atoms with E-state index < -0.39 is 0 Å². The Morgan fingerprint density at radius 1 is 0.857 bits per heavy atom. The number of rotatable bonds is 7. The summed E-state index contributed by atoms with van der Waals surface area (Å²) in [5, 5.41) is 0. The molecule has 2 rings (SSSR count). The van der Waals surface area contributed by atoms with Gasteiger partial charge in [0, 0.05) is 0 Å². The van der Waals surface area contributed by atoms with Crippen molar-refractivity contribution < 1.29 is 0 Å². The monoisotopic (exact) mass is 278 g/mol. The molecule has 0 spiro atoms. The van der Waals surface area contributed by atoms with Gasteiger partial charge in [-0.2, -0.15) is 0 Å². The predicted molar refractivity (Wildman–Crippen MR) is 94.3 cm³/mol. The van der Waals surface area contributed by atoms with E-state index >= 15 is 0 Å². The molecule has 0 nitrogen and oxygen atoms in total. The number of unbranched alkanes of at least 4 members (excludes halogenated alkanes) is 3. The maximum atomic E-state index is 2.36. The molecule has 0 unspecified atom stereocenters. The first-order valence-corrected chi connectivity index (χ1v) is 8.13. The molecule has 0 saturated carbocycles. The van der Waals surface area contributed by atoms with Crippen molar-refractivity contribution in [3.63, 3.8) is 0 Å². The van der Waals surface area contributed by atoms with Crippen molar-refractivity contribution in [3.05, 3.63) is 71.3 Å². The normalized spacial score (nSPS) is 11.6. The Bertz CT molecular complexity index is 564. The minimum atomic E-state index is 1.17. The first-order chi connectivity index (χ1) is 10.3. The standard InChI is InChI=1S/C21H26/c1-3-4-5-9-15-20(17-19-13-7-6-8-14-19)21-16-11-10-12-18(21)2/h6-8,10-14,16-17H,3-5,9,15H2,1-2H3/b20-17-. The van der Waals surface area contributed by atoms with Crippen molar-refractivity contribution in [3.8, 4) is 0 Å². The van der Waals surface area contributed by atoms with Crippen LogP contribution >= 0.6 is 0 Å². The van der Waals surface area contributed by atoms with Crippen LogP contribution in [0, 0.1) is 6.92 Å². The molecule has 0 fully saturated rings. The van der Waals surface area contributed by atoms with E-state index in [0.717, 1.165) is 0 Å². The van der Waals surface area contributed by atoms with E-state index in [2.05, 4.69) is 74.5 Å². The fourth-order valence-electron chi connectivity index (χ4n) is 2.71. The number of benzene rings is 2. The highest BCUT2D eigenvalue weighted by molar-refractivity contribution is 5.82. The van der Waals surface area contributed by atoms with Gasteiger partial charge in [-0.1, -0.05) is 86.9 Å². The fourth-order valence-corrected chi connectivity index (χ4v) is 2.71. The van der Waals surface area contributed by atoms with E-state index in [9.17, 15) is 0 Å². The Hall–Kier alpha value is -1.82. The summed E-state index contributed by atoms with van der Waals surface area (Å²) >= 11 is 0. The van der Waals surface area contributed by atoms with Crippen LogP contribution in [0.1, 0.15) is 55.7 Å². The average molecular weight is 278 g/mol. The lowest BCUT2D eigenvalue weighted by atomic mass is 9.94. The number of hydrogen-bond donors (Lipinski definition) is 0. The van der Waals surface area contributed by atoms with E-state index in [1.807, 2.05) is 0 Å². The van der Waals surface area contributed by atoms with Gasteiger partial charge in [0.15, 0.2) is 0 Å². The number of hydrogen-bond acceptors (Lipinski definition) is 0. The molecule has 0 radical (unpaired) electrons. The van der Waals surface area contributed by atoms with Gasteiger partial charge in [-0.3, -0.25) is 0 Å². The third-order valence-electron chi connectivity index (χ3n) is 3.93. The molecule has 0 heterocycles. The molecule has 21 heavy (non-hydrogen) atoms. The van der Waals surface area contributed by atoms with Gasteiger partial charge < -0.3 is 0 Å². The summed E-state index contributed by atoms with van der Waals surface area (Å²) in [7, 11) is 0. The Labute approximate surface area is 129 Å². The van der Waals surface area contributed by atoms with E-state index in [-0.39, 0.29) is 0 Å². The zero-order valence-corrected chi connectivity index (χ0v) is 13.3. The number of aryl methyl sites for hydroxylation is 1. The summed E-state index contributed by atoms with van der Waals surface area (Å²) in [6.45, 7) is 4.47. The summed E-state index contributed by atoms with van der Waals surface area (Å²) < 4.78 is 0. The van der Waals surface area contributed by atoms with Gasteiger partial charge >= 0.3 is 0 Å². The third kappa shape index (κ3) is 4.90. The van der Waals surface area contributed by atoms with E-state index in [0.29, 0.717) is 0 Å². The maximum Gasteiger partial charge on any atom is -0.0195 e. The topological polar surface area (TPSA) is 0 Å². The van der Waals surface area contributed by atoms with Gasteiger partial charge in [0.1, 0.15) is 0 Å². The first-order valence-electron chi connectivity index (χ1n) is 8.13. The van der Waals surface area contributed by atoms with E-state index in [4.69, 9.17) is 0 Å². The first kappa shape index (κ1) is 15.6. The summed E-state index contributed by atoms with van der Waals surface area (Å²) in [5.41, 5.74) is 5.54. The van der Waals surface area contributed by atoms with E-state index in [1.165, 1.54) is 54.4 Å². The second-order valence-electron chi connectivity index (χ2n) is 5.71. The lowest BCUT2D eigenvalue weighted by Crippen LogP contribution is -1.90. The highest BCUT2D eigenvalue weighted by Gasteiger charge is 2.05. The zero-order chi connectivity index (χ0) is 14.9. The summed E-state index contributed by atoms with van der Waals surface area (Å²) in [4.78, 5) is 0. The van der Waals surface area contributed by atoms with Crippen LogP contribution in [0.3, 0.4) is 0 Å². The molecule has 0 aliphatic heterocycles. The SMILES string of the molecule is CCCCCC/C(=C/c1ccccc1)c1ccccc1C. The van der Waals surface area contributed by atoms with Crippen LogP contribution in [-0.4, -0.2) is 0 Å². The lowest BCUT2D eigenvalue weighted by Gasteiger charge is -2.11. The van der Waals surface area contributed by atoms with Crippen molar-refractivity contribution in [1.29, 1.82) is 0 Å². The molecule has 0 N–H and O–H groups in total. The largest absolute Gasteiger partial charge is 0.0654 e. The highest BCUT2D eigenvalue weighted by Crippen LogP contribution is 2.26. The van der Waals surface area contributed by atoms with Gasteiger partial charge in [-0.05, 0) is 42.0 Å². The van der Waals surface area contributed by atoms with Gasteiger partial charge in [-0.15, -0.1) is 0 Å². The lowest BCUT2D eigenvalue weighted by molar-refractivity contribution is 0.679. The summed E-state index contributed by atoms with van der Waals surface area (Å²) in [5.74, 6) is 0. The average Bonchev–Trinajstić information content (AvgIpc) is 2.52. The van der Waals surface area contributed by atoms with E-state index in [1.54, 1.807) is 0 Å². The minimum Gasteiger partial charge on any atom is -0.0654 e. The van der Waals surface area contributed by atoms with Gasteiger partial charge in [0.05, 0.1) is 0 Å². The Morgan fingerprint density at radius 2 is 1.57 bits per heavy atom. The summed E-state index contributed by atoms with van der Waals surface area (Å²) in [6, 6.07) is 19.4. The molecule has 0 bridgehead atoms. The molecule has 0 atom stereocenters. The van der Waals surface area contributed by atoms with Crippen LogP contribution in [0.25, 0.3) is 11.6 Å².